The minimum Gasteiger partial charge on any atom is -0.490 e. The zero-order valence-electron chi connectivity index (χ0n) is 18.2. The maximum atomic E-state index is 11.7. The molecule has 1 amide bonds. The van der Waals surface area contributed by atoms with Gasteiger partial charge in [-0.3, -0.25) is 14.8 Å². The summed E-state index contributed by atoms with van der Waals surface area (Å²) in [5.41, 5.74) is 8.48. The summed E-state index contributed by atoms with van der Waals surface area (Å²) in [6.45, 7) is 2.46. The molecule has 0 aliphatic rings. The highest BCUT2D eigenvalue weighted by molar-refractivity contribution is 5.75. The van der Waals surface area contributed by atoms with Crippen LogP contribution >= 0.6 is 0 Å². The first kappa shape index (κ1) is 22.0. The summed E-state index contributed by atoms with van der Waals surface area (Å²) in [6, 6.07) is 19.0. The molecule has 0 spiro atoms. The van der Waals surface area contributed by atoms with E-state index in [2.05, 4.69) is 9.97 Å². The third-order valence-electron chi connectivity index (χ3n) is 5.00. The van der Waals surface area contributed by atoms with Crippen molar-refractivity contribution in [1.29, 1.82) is 0 Å². The lowest BCUT2D eigenvalue weighted by Crippen LogP contribution is -2.17. The summed E-state index contributed by atoms with van der Waals surface area (Å²) in [5, 5.41) is 0. The van der Waals surface area contributed by atoms with Crippen molar-refractivity contribution in [2.75, 3.05) is 6.61 Å². The molecule has 2 N–H and O–H groups in total. The fourth-order valence-corrected chi connectivity index (χ4v) is 3.52. The zero-order valence-corrected chi connectivity index (χ0v) is 18.2. The molecule has 166 valence electrons. The average Bonchev–Trinajstić information content (AvgIpc) is 2.85. The molecule has 0 bridgehead atoms. The number of nitrogens with zero attached hydrogens (tertiary/aromatic N) is 3. The van der Waals surface area contributed by atoms with Crippen LogP contribution in [0.15, 0.2) is 85.5 Å². The van der Waals surface area contributed by atoms with Crippen LogP contribution < -0.4 is 15.2 Å². The highest BCUT2D eigenvalue weighted by Crippen LogP contribution is 2.33. The van der Waals surface area contributed by atoms with Crippen LogP contribution in [0.3, 0.4) is 0 Å². The lowest BCUT2D eigenvalue weighted by atomic mass is 9.92. The Morgan fingerprint density at radius 3 is 2.42 bits per heavy atom. The molecule has 33 heavy (non-hydrogen) atoms. The van der Waals surface area contributed by atoms with Gasteiger partial charge in [-0.25, -0.2) is 4.98 Å². The lowest BCUT2D eigenvalue weighted by molar-refractivity contribution is -0.118. The molecule has 2 aromatic carbocycles. The van der Waals surface area contributed by atoms with Crippen molar-refractivity contribution in [3.8, 4) is 28.5 Å². The number of ether oxygens (including phenoxy) is 2. The third-order valence-corrected chi connectivity index (χ3v) is 5.00. The van der Waals surface area contributed by atoms with Crippen LogP contribution in [-0.4, -0.2) is 27.5 Å². The number of benzene rings is 2. The van der Waals surface area contributed by atoms with Crippen LogP contribution in [0.25, 0.3) is 11.3 Å². The molecule has 7 nitrogen and oxygen atoms in total. The van der Waals surface area contributed by atoms with Gasteiger partial charge >= 0.3 is 0 Å². The number of nitrogens with two attached hydrogens (primary N) is 1. The molecule has 0 saturated carbocycles. The molecule has 1 unspecified atom stereocenters. The van der Waals surface area contributed by atoms with Gasteiger partial charge in [-0.05, 0) is 30.7 Å². The molecule has 7 heteroatoms. The fourth-order valence-electron chi connectivity index (χ4n) is 3.52. The summed E-state index contributed by atoms with van der Waals surface area (Å²) in [4.78, 5) is 25.2. The monoisotopic (exact) mass is 440 g/mol. The van der Waals surface area contributed by atoms with Gasteiger partial charge in [-0.1, -0.05) is 42.5 Å². The van der Waals surface area contributed by atoms with E-state index in [4.69, 9.17) is 20.2 Å². The number of para-hydroxylation sites is 2. The molecule has 0 aliphatic heterocycles. The first-order chi connectivity index (χ1) is 16.1. The average molecular weight is 441 g/mol. The van der Waals surface area contributed by atoms with E-state index in [1.807, 2.05) is 67.6 Å². The first-order valence-corrected chi connectivity index (χ1v) is 10.6. The second-order valence-corrected chi connectivity index (χ2v) is 7.35. The Bertz CT molecular complexity index is 1230. The van der Waals surface area contributed by atoms with Gasteiger partial charge in [-0.2, -0.15) is 0 Å². The lowest BCUT2D eigenvalue weighted by Gasteiger charge is -2.16. The number of hydrogen-bond acceptors (Lipinski definition) is 6. The van der Waals surface area contributed by atoms with Crippen LogP contribution in [-0.2, 0) is 4.79 Å². The fraction of sp³-hybridized carbons (Fsp3) is 0.154. The largest absolute Gasteiger partial charge is 0.490 e. The van der Waals surface area contributed by atoms with Gasteiger partial charge < -0.3 is 15.2 Å². The van der Waals surface area contributed by atoms with Crippen LogP contribution in [0.2, 0.25) is 0 Å². The number of rotatable bonds is 9. The predicted octanol–water partition coefficient (Wildman–Crippen LogP) is 4.74. The molecule has 0 radical (unpaired) electrons. The minimum absolute atomic E-state index is 0.137. The number of carbonyl (C=O) groups is 1. The molecule has 0 aliphatic carbocycles. The van der Waals surface area contributed by atoms with Gasteiger partial charge in [0.25, 0.3) is 0 Å². The Hall–Kier alpha value is -4.26. The normalized spacial score (nSPS) is 11.5. The van der Waals surface area contributed by atoms with Gasteiger partial charge in [0.05, 0.1) is 30.4 Å². The van der Waals surface area contributed by atoms with Crippen LogP contribution in [0, 0.1) is 0 Å². The Morgan fingerprint density at radius 2 is 1.67 bits per heavy atom. The summed E-state index contributed by atoms with van der Waals surface area (Å²) >= 11 is 0. The SMILES string of the molecule is CCOc1ccccc1Oc1cncc(-c2cncc(C(CC(N)=O)c3ccccc3)n2)c1. The van der Waals surface area contributed by atoms with E-state index in [9.17, 15) is 4.79 Å². The van der Waals surface area contributed by atoms with E-state index in [1.54, 1.807) is 24.8 Å². The molecular weight excluding hydrogens is 416 g/mol. The van der Waals surface area contributed by atoms with Gasteiger partial charge in [0.1, 0.15) is 5.75 Å². The standard InChI is InChI=1S/C26H24N4O3/c1-2-32-24-10-6-7-11-25(24)33-20-12-19(14-28-15-20)22-16-29-17-23(30-22)21(13-26(27)31)18-8-4-3-5-9-18/h3-12,14-17,21H,2,13H2,1H3,(H2,27,31). The second kappa shape index (κ2) is 10.4. The summed E-state index contributed by atoms with van der Waals surface area (Å²) in [5.74, 6) is 1.11. The third kappa shape index (κ3) is 5.51. The van der Waals surface area contributed by atoms with Gasteiger partial charge in [0.15, 0.2) is 11.5 Å². The molecular formula is C26H24N4O3. The quantitative estimate of drug-likeness (QED) is 0.404. The summed E-state index contributed by atoms with van der Waals surface area (Å²) < 4.78 is 11.7. The highest BCUT2D eigenvalue weighted by atomic mass is 16.5. The van der Waals surface area contributed by atoms with Crippen molar-refractivity contribution in [3.63, 3.8) is 0 Å². The number of amides is 1. The first-order valence-electron chi connectivity index (χ1n) is 10.6. The van der Waals surface area contributed by atoms with E-state index >= 15 is 0 Å². The number of carbonyl (C=O) groups excluding carboxylic acids is 1. The van der Waals surface area contributed by atoms with Crippen LogP contribution in [0.4, 0.5) is 0 Å². The minimum atomic E-state index is -0.402. The van der Waals surface area contributed by atoms with Crippen molar-refractivity contribution in [2.24, 2.45) is 5.73 Å². The van der Waals surface area contributed by atoms with Crippen molar-refractivity contribution in [2.45, 2.75) is 19.3 Å². The van der Waals surface area contributed by atoms with Crippen molar-refractivity contribution >= 4 is 5.91 Å². The molecule has 0 saturated heterocycles. The van der Waals surface area contributed by atoms with Crippen LogP contribution in [0.1, 0.15) is 30.5 Å². The number of aromatic nitrogens is 3. The predicted molar refractivity (Wildman–Crippen MR) is 125 cm³/mol. The molecule has 4 rings (SSSR count). The number of hydrogen-bond donors (Lipinski definition) is 1. The maximum absolute atomic E-state index is 11.7. The van der Waals surface area contributed by atoms with Gasteiger partial charge in [-0.15, -0.1) is 0 Å². The Labute approximate surface area is 192 Å². The van der Waals surface area contributed by atoms with Crippen molar-refractivity contribution in [3.05, 3.63) is 96.7 Å². The van der Waals surface area contributed by atoms with Gasteiger partial charge in [0, 0.05) is 30.3 Å². The molecule has 1 atom stereocenters. The topological polar surface area (TPSA) is 100 Å². The molecule has 2 heterocycles. The Balaban J connectivity index is 1.64. The molecule has 4 aromatic rings. The highest BCUT2D eigenvalue weighted by Gasteiger charge is 2.19. The zero-order chi connectivity index (χ0) is 23.0. The van der Waals surface area contributed by atoms with Crippen molar-refractivity contribution in [1.82, 2.24) is 15.0 Å². The molecule has 2 aromatic heterocycles. The number of pyridine rings is 1. The van der Waals surface area contributed by atoms with E-state index in [-0.39, 0.29) is 12.3 Å². The van der Waals surface area contributed by atoms with E-state index in [0.29, 0.717) is 35.2 Å². The second-order valence-electron chi connectivity index (χ2n) is 7.35. The summed E-state index contributed by atoms with van der Waals surface area (Å²) in [6.07, 6.45) is 6.78. The smallest absolute Gasteiger partial charge is 0.218 e. The van der Waals surface area contributed by atoms with E-state index in [0.717, 1.165) is 11.1 Å². The van der Waals surface area contributed by atoms with E-state index in [1.165, 1.54) is 0 Å². The van der Waals surface area contributed by atoms with Gasteiger partial charge in [0.2, 0.25) is 5.91 Å². The number of primary amides is 1. The Kier molecular flexibility index (Phi) is 6.90. The maximum Gasteiger partial charge on any atom is 0.218 e. The summed E-state index contributed by atoms with van der Waals surface area (Å²) in [7, 11) is 0. The van der Waals surface area contributed by atoms with Crippen LogP contribution in [0.5, 0.6) is 17.2 Å². The van der Waals surface area contributed by atoms with Crippen molar-refractivity contribution < 1.29 is 14.3 Å². The molecule has 0 fully saturated rings. The Morgan fingerprint density at radius 1 is 0.939 bits per heavy atom. The van der Waals surface area contributed by atoms with E-state index < -0.39 is 5.91 Å².